The van der Waals surface area contributed by atoms with E-state index in [2.05, 4.69) is 5.32 Å². The Balaban J connectivity index is 1.97. The van der Waals surface area contributed by atoms with Gasteiger partial charge in [0.15, 0.2) is 5.78 Å². The van der Waals surface area contributed by atoms with Crippen molar-refractivity contribution >= 4 is 40.0 Å². The van der Waals surface area contributed by atoms with Crippen molar-refractivity contribution in [3.05, 3.63) is 79.6 Å². The Morgan fingerprint density at radius 3 is 2.56 bits per heavy atom. The lowest BCUT2D eigenvalue weighted by atomic mass is 9.80. The van der Waals surface area contributed by atoms with E-state index in [-0.39, 0.29) is 11.5 Å². The number of allylic oxidation sites excluding steroid dienone is 2. The van der Waals surface area contributed by atoms with Crippen LogP contribution in [0.2, 0.25) is 0 Å². The Morgan fingerprint density at radius 2 is 1.89 bits per heavy atom. The second-order valence-electron chi connectivity index (χ2n) is 6.46. The monoisotopic (exact) mass is 473 g/mol. The number of aromatic hydroxyl groups is 1. The molecule has 4 rings (SSSR count). The highest BCUT2D eigenvalue weighted by molar-refractivity contribution is 14.1. The fraction of sp³-hybridized carbons (Fsp3) is 0.143. The first-order valence-electron chi connectivity index (χ1n) is 8.36. The van der Waals surface area contributed by atoms with E-state index in [0.29, 0.717) is 26.0 Å². The topological polar surface area (TPSA) is 75.6 Å². The quantitative estimate of drug-likeness (QED) is 0.514. The van der Waals surface area contributed by atoms with E-state index < -0.39 is 11.9 Å². The third kappa shape index (κ3) is 2.66. The van der Waals surface area contributed by atoms with Crippen molar-refractivity contribution in [1.82, 2.24) is 5.32 Å². The molecule has 0 amide bonds. The summed E-state index contributed by atoms with van der Waals surface area (Å²) in [6.45, 7) is 1.81. The molecule has 0 saturated heterocycles. The number of halogens is 1. The van der Waals surface area contributed by atoms with Crippen molar-refractivity contribution in [2.75, 3.05) is 7.11 Å². The number of benzene rings is 2. The molecule has 5 nitrogen and oxygen atoms in total. The largest absolute Gasteiger partial charge is 0.507 e. The van der Waals surface area contributed by atoms with Crippen LogP contribution in [0, 0.1) is 3.57 Å². The number of nitrogens with one attached hydrogen (secondary N) is 1. The van der Waals surface area contributed by atoms with Gasteiger partial charge in [-0.3, -0.25) is 4.79 Å². The van der Waals surface area contributed by atoms with Gasteiger partial charge in [0, 0.05) is 28.3 Å². The van der Waals surface area contributed by atoms with E-state index >= 15 is 0 Å². The zero-order chi connectivity index (χ0) is 19.3. The number of phenols is 1. The molecule has 0 fully saturated rings. The fourth-order valence-electron chi connectivity index (χ4n) is 3.75. The molecule has 6 heteroatoms. The molecule has 2 aliphatic rings. The predicted molar refractivity (Wildman–Crippen MR) is 109 cm³/mol. The van der Waals surface area contributed by atoms with E-state index in [9.17, 15) is 14.7 Å². The molecule has 2 N–H and O–H groups in total. The number of esters is 1. The lowest BCUT2D eigenvalue weighted by Crippen LogP contribution is -2.29. The summed E-state index contributed by atoms with van der Waals surface area (Å²) in [6, 6.07) is 12.5. The molecule has 0 aromatic heterocycles. The number of ether oxygens (including phenoxy) is 1. The number of phenolic OH excluding ortho intramolecular Hbond substituents is 1. The third-order valence-electron chi connectivity index (χ3n) is 4.96. The summed E-state index contributed by atoms with van der Waals surface area (Å²) in [5.41, 5.74) is 4.52. The summed E-state index contributed by atoms with van der Waals surface area (Å²) in [6.07, 6.45) is 0. The summed E-state index contributed by atoms with van der Waals surface area (Å²) in [4.78, 5) is 25.8. The number of hydrogen-bond donors (Lipinski definition) is 2. The SMILES string of the molecule is COC(=O)C1=C(C)NC2=C(C(=O)c3ccccc32)[C@H]1c1ccc(O)c(I)c1. The highest BCUT2D eigenvalue weighted by Gasteiger charge is 2.42. The predicted octanol–water partition coefficient (Wildman–Crippen LogP) is 3.74. The van der Waals surface area contributed by atoms with Gasteiger partial charge in [-0.25, -0.2) is 4.79 Å². The Morgan fingerprint density at radius 1 is 1.19 bits per heavy atom. The molecule has 1 atom stereocenters. The van der Waals surface area contributed by atoms with E-state index in [1.807, 2.05) is 40.8 Å². The van der Waals surface area contributed by atoms with Gasteiger partial charge in [0.05, 0.1) is 22.0 Å². The number of fused-ring (bicyclic) bond motifs is 2. The molecular weight excluding hydrogens is 457 g/mol. The molecule has 0 spiro atoms. The van der Waals surface area contributed by atoms with Crippen molar-refractivity contribution in [2.45, 2.75) is 12.8 Å². The maximum Gasteiger partial charge on any atom is 0.336 e. The smallest absolute Gasteiger partial charge is 0.336 e. The molecule has 2 aromatic carbocycles. The molecular formula is C21H16INO4. The normalized spacial score (nSPS) is 18.2. The molecule has 27 heavy (non-hydrogen) atoms. The summed E-state index contributed by atoms with van der Waals surface area (Å²) >= 11 is 2.03. The summed E-state index contributed by atoms with van der Waals surface area (Å²) in [5.74, 6) is -0.995. The van der Waals surface area contributed by atoms with Crippen molar-refractivity contribution in [3.8, 4) is 5.75 Å². The van der Waals surface area contributed by atoms with Crippen LogP contribution in [0.3, 0.4) is 0 Å². The fourth-order valence-corrected chi connectivity index (χ4v) is 4.28. The number of Topliss-reactive ketones (excluding diaryl/α,β-unsaturated/α-hetero) is 1. The van der Waals surface area contributed by atoms with Crippen molar-refractivity contribution in [2.24, 2.45) is 0 Å². The van der Waals surface area contributed by atoms with E-state index in [1.54, 1.807) is 31.2 Å². The first-order chi connectivity index (χ1) is 12.9. The molecule has 136 valence electrons. The third-order valence-corrected chi connectivity index (χ3v) is 5.82. The minimum Gasteiger partial charge on any atom is -0.507 e. The average Bonchev–Trinajstić information content (AvgIpc) is 2.95. The van der Waals surface area contributed by atoms with E-state index in [1.165, 1.54) is 7.11 Å². The summed E-state index contributed by atoms with van der Waals surface area (Å²) in [7, 11) is 1.33. The van der Waals surface area contributed by atoms with Gasteiger partial charge in [-0.05, 0) is 47.2 Å². The Bertz CT molecular complexity index is 1070. The van der Waals surface area contributed by atoms with Gasteiger partial charge in [-0.15, -0.1) is 0 Å². The zero-order valence-electron chi connectivity index (χ0n) is 14.7. The number of carbonyl (C=O) groups excluding carboxylic acids is 2. The van der Waals surface area contributed by atoms with Crippen molar-refractivity contribution in [3.63, 3.8) is 0 Å². The Kier molecular flexibility index (Phi) is 4.30. The average molecular weight is 473 g/mol. The zero-order valence-corrected chi connectivity index (χ0v) is 16.8. The minimum absolute atomic E-state index is 0.102. The van der Waals surface area contributed by atoms with Gasteiger partial charge in [0.25, 0.3) is 0 Å². The van der Waals surface area contributed by atoms with Crippen LogP contribution in [0.4, 0.5) is 0 Å². The molecule has 0 unspecified atom stereocenters. The van der Waals surface area contributed by atoms with Crippen molar-refractivity contribution in [1.29, 1.82) is 0 Å². The van der Waals surface area contributed by atoms with Gasteiger partial charge >= 0.3 is 5.97 Å². The first kappa shape index (κ1) is 17.8. The number of carbonyl (C=O) groups is 2. The molecule has 2 aromatic rings. The van der Waals surface area contributed by atoms with Gasteiger partial charge < -0.3 is 15.2 Å². The number of dihydropyridines is 1. The molecule has 1 aliphatic carbocycles. The maximum absolute atomic E-state index is 13.2. The Hall–Kier alpha value is -2.61. The number of hydrogen-bond acceptors (Lipinski definition) is 5. The Labute approximate surface area is 169 Å². The molecule has 1 aliphatic heterocycles. The number of methoxy groups -OCH3 is 1. The van der Waals surface area contributed by atoms with Crippen LogP contribution in [0.15, 0.2) is 59.3 Å². The van der Waals surface area contributed by atoms with E-state index in [4.69, 9.17) is 4.74 Å². The second-order valence-corrected chi connectivity index (χ2v) is 7.62. The van der Waals surface area contributed by atoms with Crippen LogP contribution in [0.25, 0.3) is 5.70 Å². The lowest BCUT2D eigenvalue weighted by Gasteiger charge is -2.29. The van der Waals surface area contributed by atoms with Crippen LogP contribution >= 0.6 is 22.6 Å². The molecule has 0 bridgehead atoms. The molecule has 0 radical (unpaired) electrons. The molecule has 0 saturated carbocycles. The van der Waals surface area contributed by atoms with Gasteiger partial charge in [-0.1, -0.05) is 30.3 Å². The van der Waals surface area contributed by atoms with Crippen LogP contribution in [0.1, 0.15) is 34.3 Å². The van der Waals surface area contributed by atoms with Gasteiger partial charge in [0.2, 0.25) is 0 Å². The van der Waals surface area contributed by atoms with Crippen molar-refractivity contribution < 1.29 is 19.4 Å². The van der Waals surface area contributed by atoms with E-state index in [0.717, 1.165) is 16.8 Å². The minimum atomic E-state index is -0.567. The van der Waals surface area contributed by atoms with Gasteiger partial charge in [0.1, 0.15) is 5.75 Å². The molecule has 1 heterocycles. The number of rotatable bonds is 2. The highest BCUT2D eigenvalue weighted by Crippen LogP contribution is 2.47. The second kappa shape index (κ2) is 6.53. The highest BCUT2D eigenvalue weighted by atomic mass is 127. The van der Waals surface area contributed by atoms with Crippen LogP contribution in [-0.2, 0) is 9.53 Å². The first-order valence-corrected chi connectivity index (χ1v) is 9.44. The maximum atomic E-state index is 13.2. The van der Waals surface area contributed by atoms with Crippen LogP contribution in [0.5, 0.6) is 5.75 Å². The number of ketones is 1. The summed E-state index contributed by atoms with van der Waals surface area (Å²) < 4.78 is 5.65. The standard InChI is InChI=1S/C21H16INO4/c1-10-16(21(26)27-2)17(11-7-8-15(24)14(22)9-11)18-19(23-10)12-5-3-4-6-13(12)20(18)25/h3-9,17,23-24H,1-2H3/t17-/m0/s1. The van der Waals surface area contributed by atoms with Crippen LogP contribution in [-0.4, -0.2) is 24.0 Å². The van der Waals surface area contributed by atoms with Gasteiger partial charge in [-0.2, -0.15) is 0 Å². The lowest BCUT2D eigenvalue weighted by molar-refractivity contribution is -0.136. The van der Waals surface area contributed by atoms with Crippen LogP contribution < -0.4 is 5.32 Å². The summed E-state index contributed by atoms with van der Waals surface area (Å²) in [5, 5.41) is 13.1.